The quantitative estimate of drug-likeness (QED) is 0.219. The van der Waals surface area contributed by atoms with Crippen molar-refractivity contribution >= 4 is 38.9 Å². The Kier molecular flexibility index (Phi) is 4.59. The van der Waals surface area contributed by atoms with Crippen LogP contribution in [-0.4, -0.2) is 11.6 Å². The summed E-state index contributed by atoms with van der Waals surface area (Å²) in [6, 6.07) is 36.0. The molecule has 0 saturated heterocycles. The molecule has 3 aliphatic rings. The molecule has 0 radical (unpaired) electrons. The minimum atomic E-state index is -0.656. The Bertz CT molecular complexity index is 1940. The van der Waals surface area contributed by atoms with E-state index in [0.29, 0.717) is 27.9 Å². The second-order valence-corrected chi connectivity index (χ2v) is 11.1. The van der Waals surface area contributed by atoms with Gasteiger partial charge in [-0.1, -0.05) is 107 Å². The van der Waals surface area contributed by atoms with Crippen molar-refractivity contribution in [2.75, 3.05) is 5.32 Å². The lowest BCUT2D eigenvalue weighted by molar-refractivity contribution is 0.0979. The number of hydrogen-bond acceptors (Lipinski definition) is 3. The Morgan fingerprint density at radius 2 is 1.21 bits per heavy atom. The van der Waals surface area contributed by atoms with Crippen molar-refractivity contribution in [1.82, 2.24) is 0 Å². The number of nitrogens with one attached hydrogen (secondary N) is 1. The highest BCUT2D eigenvalue weighted by atomic mass is 79.9. The molecule has 0 aromatic heterocycles. The summed E-state index contributed by atoms with van der Waals surface area (Å²) in [4.78, 5) is 27.7. The van der Waals surface area contributed by atoms with Gasteiger partial charge < -0.3 is 5.32 Å². The van der Waals surface area contributed by atoms with Gasteiger partial charge in [0.1, 0.15) is 0 Å². The van der Waals surface area contributed by atoms with Crippen LogP contribution in [0, 0.1) is 0 Å². The maximum atomic E-state index is 14.1. The summed E-state index contributed by atoms with van der Waals surface area (Å²) in [7, 11) is 0. The summed E-state index contributed by atoms with van der Waals surface area (Å²) >= 11 is 3.72. The third-order valence-corrected chi connectivity index (χ3v) is 8.77. The number of hydrogen-bond donors (Lipinski definition) is 1. The van der Waals surface area contributed by atoms with Gasteiger partial charge in [-0.3, -0.25) is 9.59 Å². The van der Waals surface area contributed by atoms with Crippen molar-refractivity contribution in [2.24, 2.45) is 0 Å². The normalized spacial score (nSPS) is 17.9. The number of fused-ring (bicyclic) bond motifs is 10. The molecule has 1 N–H and O–H groups in total. The maximum Gasteiger partial charge on any atom is 0.196 e. The summed E-state index contributed by atoms with van der Waals surface area (Å²) < 4.78 is 0.987. The first kappa shape index (κ1) is 22.4. The molecular formula is C35H20BrNO2. The van der Waals surface area contributed by atoms with E-state index in [0.717, 1.165) is 38.0 Å². The smallest absolute Gasteiger partial charge is 0.196 e. The lowest BCUT2D eigenvalue weighted by atomic mass is 9.67. The summed E-state index contributed by atoms with van der Waals surface area (Å²) in [5.41, 5.74) is 9.34. The van der Waals surface area contributed by atoms with E-state index in [1.54, 1.807) is 18.2 Å². The summed E-state index contributed by atoms with van der Waals surface area (Å²) in [5.74, 6) is -0.251. The van der Waals surface area contributed by atoms with E-state index in [9.17, 15) is 9.59 Å². The molecule has 1 atom stereocenters. The Morgan fingerprint density at radius 3 is 2.00 bits per heavy atom. The lowest BCUT2D eigenvalue weighted by Crippen LogP contribution is -2.33. The van der Waals surface area contributed by atoms with Crippen molar-refractivity contribution in [3.8, 4) is 11.1 Å². The first-order valence-electron chi connectivity index (χ1n) is 12.9. The molecule has 0 bridgehead atoms. The third kappa shape index (κ3) is 2.92. The second kappa shape index (κ2) is 7.98. The molecule has 39 heavy (non-hydrogen) atoms. The molecule has 0 unspecified atom stereocenters. The largest absolute Gasteiger partial charge is 0.354 e. The van der Waals surface area contributed by atoms with Crippen molar-refractivity contribution in [3.05, 3.63) is 164 Å². The van der Waals surface area contributed by atoms with Crippen molar-refractivity contribution < 1.29 is 9.59 Å². The monoisotopic (exact) mass is 565 g/mol. The van der Waals surface area contributed by atoms with Crippen LogP contribution in [0.3, 0.4) is 0 Å². The molecule has 4 heteroatoms. The van der Waals surface area contributed by atoms with Gasteiger partial charge in [-0.15, -0.1) is 0 Å². The van der Waals surface area contributed by atoms with Crippen LogP contribution in [0.2, 0.25) is 0 Å². The molecule has 5 aromatic carbocycles. The first-order valence-corrected chi connectivity index (χ1v) is 13.7. The second-order valence-electron chi connectivity index (χ2n) is 10.2. The van der Waals surface area contributed by atoms with E-state index in [4.69, 9.17) is 0 Å². The van der Waals surface area contributed by atoms with Crippen LogP contribution < -0.4 is 5.32 Å². The average Bonchev–Trinajstić information content (AvgIpc) is 3.25. The van der Waals surface area contributed by atoms with Crippen LogP contribution in [0.1, 0.15) is 54.1 Å². The summed E-state index contributed by atoms with van der Waals surface area (Å²) in [6.45, 7) is 0. The van der Waals surface area contributed by atoms with Gasteiger partial charge >= 0.3 is 0 Å². The molecule has 2 aliphatic carbocycles. The van der Waals surface area contributed by atoms with E-state index in [1.165, 1.54) is 5.56 Å². The molecule has 3 nitrogen and oxygen atoms in total. The summed E-state index contributed by atoms with van der Waals surface area (Å²) in [5, 5.41) is 3.63. The number of halogens is 1. The predicted molar refractivity (Wildman–Crippen MR) is 157 cm³/mol. The number of benzene rings is 5. The zero-order valence-corrected chi connectivity index (χ0v) is 22.3. The van der Waals surface area contributed by atoms with E-state index in [-0.39, 0.29) is 11.6 Å². The minimum absolute atomic E-state index is 0.121. The molecule has 5 aromatic rings. The van der Waals surface area contributed by atoms with Crippen LogP contribution in [0.25, 0.3) is 16.8 Å². The van der Waals surface area contributed by atoms with Crippen molar-refractivity contribution in [3.63, 3.8) is 0 Å². The fourth-order valence-electron chi connectivity index (χ4n) is 6.61. The number of carbonyl (C=O) groups is 2. The Balaban J connectivity index is 1.51. The fourth-order valence-corrected chi connectivity index (χ4v) is 6.97. The number of allylic oxidation sites excluding steroid dienone is 1. The topological polar surface area (TPSA) is 46.2 Å². The van der Waals surface area contributed by atoms with Crippen LogP contribution in [0.5, 0.6) is 0 Å². The van der Waals surface area contributed by atoms with Crippen LogP contribution >= 0.6 is 15.9 Å². The SMILES string of the molecule is O=C1c2ccccc2C(=O)c2c1ccc1c2NC(c2ccccc2)=C[C@@]12c1ccccc1-c1ccc(Br)cc12. The van der Waals surface area contributed by atoms with Gasteiger partial charge in [-0.05, 0) is 57.7 Å². The minimum Gasteiger partial charge on any atom is -0.354 e. The Hall–Kier alpha value is -4.54. The zero-order valence-electron chi connectivity index (χ0n) is 20.7. The number of carbonyl (C=O) groups excluding carboxylic acids is 2. The van der Waals surface area contributed by atoms with Crippen molar-refractivity contribution in [2.45, 2.75) is 5.41 Å². The van der Waals surface area contributed by atoms with Crippen LogP contribution in [0.4, 0.5) is 5.69 Å². The van der Waals surface area contributed by atoms with E-state index in [1.807, 2.05) is 36.4 Å². The first-order chi connectivity index (χ1) is 19.1. The highest BCUT2D eigenvalue weighted by Crippen LogP contribution is 2.58. The van der Waals surface area contributed by atoms with Gasteiger partial charge in [0.2, 0.25) is 0 Å². The van der Waals surface area contributed by atoms with Gasteiger partial charge in [0.05, 0.1) is 16.7 Å². The molecule has 1 aliphatic heterocycles. The Labute approximate surface area is 234 Å². The van der Waals surface area contributed by atoms with E-state index < -0.39 is 5.41 Å². The fraction of sp³-hybridized carbons (Fsp3) is 0.0286. The molecule has 1 heterocycles. The van der Waals surface area contributed by atoms with Crippen LogP contribution in [0.15, 0.2) is 120 Å². The number of rotatable bonds is 1. The standard InChI is InChI=1S/C35H20BrNO2/c36-21-14-15-23-22-10-6-7-13-27(22)35(29(23)18-21)19-30(20-8-2-1-3-9-20)37-32-28(35)17-16-26-31(32)34(39)25-12-5-4-11-24(25)33(26)38/h1-19,37H/t35-/m1/s1. The zero-order chi connectivity index (χ0) is 26.3. The van der Waals surface area contributed by atoms with E-state index >= 15 is 0 Å². The van der Waals surface area contributed by atoms with Gasteiger partial charge in [-0.25, -0.2) is 0 Å². The van der Waals surface area contributed by atoms with Gasteiger partial charge in [0, 0.05) is 26.9 Å². The van der Waals surface area contributed by atoms with E-state index in [2.05, 4.69) is 81.9 Å². The molecular weight excluding hydrogens is 546 g/mol. The molecule has 0 fully saturated rings. The van der Waals surface area contributed by atoms with Gasteiger partial charge in [0.15, 0.2) is 11.6 Å². The molecule has 184 valence electrons. The Morgan fingerprint density at radius 1 is 0.564 bits per heavy atom. The molecule has 0 saturated carbocycles. The summed E-state index contributed by atoms with van der Waals surface area (Å²) in [6.07, 6.45) is 2.29. The predicted octanol–water partition coefficient (Wildman–Crippen LogP) is 8.01. The number of ketones is 2. The highest BCUT2D eigenvalue weighted by Gasteiger charge is 2.48. The van der Waals surface area contributed by atoms with Crippen molar-refractivity contribution in [1.29, 1.82) is 0 Å². The maximum absolute atomic E-state index is 14.1. The lowest BCUT2D eigenvalue weighted by Gasteiger charge is -2.38. The molecule has 8 rings (SSSR count). The average molecular weight is 566 g/mol. The highest BCUT2D eigenvalue weighted by molar-refractivity contribution is 9.10. The molecule has 0 amide bonds. The molecule has 1 spiro atoms. The van der Waals surface area contributed by atoms with Gasteiger partial charge in [-0.2, -0.15) is 0 Å². The van der Waals surface area contributed by atoms with Gasteiger partial charge in [0.25, 0.3) is 0 Å². The third-order valence-electron chi connectivity index (χ3n) is 8.27. The van der Waals surface area contributed by atoms with Crippen LogP contribution in [-0.2, 0) is 5.41 Å². The number of anilines is 1.